The lowest BCUT2D eigenvalue weighted by atomic mass is 10.1. The van der Waals surface area contributed by atoms with Crippen molar-refractivity contribution in [2.45, 2.75) is 104 Å². The number of fused-ring (bicyclic) bond motifs is 1. The smallest absolute Gasteiger partial charge is 0.407 e. The molecule has 9 heteroatoms. The Bertz CT molecular complexity index is 1310. The number of rotatable bonds is 9. The van der Waals surface area contributed by atoms with Crippen LogP contribution in [0.1, 0.15) is 51.2 Å². The number of aromatic nitrogens is 3. The van der Waals surface area contributed by atoms with Gasteiger partial charge in [0, 0.05) is 44.1 Å². The Morgan fingerprint density at radius 3 is 2.62 bits per heavy atom. The van der Waals surface area contributed by atoms with Crippen molar-refractivity contribution in [2.75, 3.05) is 11.9 Å². The molecule has 0 bridgehead atoms. The SMILES string of the molecule is Cc1ccc2c(-c3nc(N[C@H]4CCC[C@@H]4NC(=O)OC(C)(C)C)ncc3C)cn(COCC[Si](C)(C)C)c2c1. The molecule has 1 amide bonds. The number of aryl methyl sites for hydroxylation is 2. The largest absolute Gasteiger partial charge is 0.444 e. The Labute approximate surface area is 233 Å². The Morgan fingerprint density at radius 1 is 1.15 bits per heavy atom. The summed E-state index contributed by atoms with van der Waals surface area (Å²) in [5.74, 6) is 0.567. The minimum atomic E-state index is -1.15. The van der Waals surface area contributed by atoms with Gasteiger partial charge in [-0.1, -0.05) is 31.8 Å². The molecule has 0 saturated heterocycles. The van der Waals surface area contributed by atoms with Crippen molar-refractivity contribution in [1.29, 1.82) is 0 Å². The molecule has 39 heavy (non-hydrogen) atoms. The second kappa shape index (κ2) is 11.7. The standard InChI is InChI=1S/C30H45N5O3Si/c1-20-12-13-22-23(18-35(26(22)16-20)19-37-14-15-39(6,7)8)27-21(2)17-31-28(34-27)32-24-10-9-11-25(24)33-29(36)38-30(3,4)5/h12-13,16-18,24-25H,9-11,14-15,19H2,1-8H3,(H,33,36)(H,31,32,34)/t24-,25-/m0/s1. The third-order valence-corrected chi connectivity index (χ3v) is 8.73. The highest BCUT2D eigenvalue weighted by Crippen LogP contribution is 2.33. The number of hydrogen-bond acceptors (Lipinski definition) is 6. The van der Waals surface area contributed by atoms with Crippen LogP contribution in [0.15, 0.2) is 30.6 Å². The van der Waals surface area contributed by atoms with Crippen LogP contribution in [0.25, 0.3) is 22.2 Å². The number of nitrogens with zero attached hydrogens (tertiary/aromatic N) is 3. The molecular formula is C30H45N5O3Si. The lowest BCUT2D eigenvalue weighted by Gasteiger charge is -2.25. The molecule has 0 unspecified atom stereocenters. The number of ether oxygens (including phenoxy) is 2. The fourth-order valence-electron chi connectivity index (χ4n) is 4.95. The molecule has 3 aromatic rings. The van der Waals surface area contributed by atoms with Crippen LogP contribution in [-0.2, 0) is 16.2 Å². The molecule has 1 saturated carbocycles. The first-order valence-electron chi connectivity index (χ1n) is 14.1. The van der Waals surface area contributed by atoms with Crippen molar-refractivity contribution in [2.24, 2.45) is 0 Å². The number of anilines is 1. The Morgan fingerprint density at radius 2 is 1.90 bits per heavy atom. The van der Waals surface area contributed by atoms with Gasteiger partial charge >= 0.3 is 6.09 Å². The summed E-state index contributed by atoms with van der Waals surface area (Å²) in [4.78, 5) is 22.0. The summed E-state index contributed by atoms with van der Waals surface area (Å²) in [6, 6.07) is 7.67. The van der Waals surface area contributed by atoms with Crippen molar-refractivity contribution in [3.63, 3.8) is 0 Å². The molecule has 212 valence electrons. The summed E-state index contributed by atoms with van der Waals surface area (Å²) >= 11 is 0. The topological polar surface area (TPSA) is 90.3 Å². The molecule has 2 heterocycles. The summed E-state index contributed by atoms with van der Waals surface area (Å²) in [5, 5.41) is 7.68. The zero-order chi connectivity index (χ0) is 28.4. The van der Waals surface area contributed by atoms with Gasteiger partial charge in [-0.25, -0.2) is 14.8 Å². The van der Waals surface area contributed by atoms with Gasteiger partial charge in [0.1, 0.15) is 12.3 Å². The zero-order valence-electron chi connectivity index (χ0n) is 24.9. The van der Waals surface area contributed by atoms with Gasteiger partial charge in [0.25, 0.3) is 0 Å². The summed E-state index contributed by atoms with van der Waals surface area (Å²) in [7, 11) is -1.15. The van der Waals surface area contributed by atoms with E-state index in [0.717, 1.165) is 59.6 Å². The summed E-state index contributed by atoms with van der Waals surface area (Å²) < 4.78 is 13.8. The van der Waals surface area contributed by atoms with Gasteiger partial charge in [0.2, 0.25) is 5.95 Å². The van der Waals surface area contributed by atoms with Crippen LogP contribution in [0.5, 0.6) is 0 Å². The van der Waals surface area contributed by atoms with E-state index in [2.05, 4.69) is 71.1 Å². The number of amides is 1. The van der Waals surface area contributed by atoms with E-state index < -0.39 is 13.7 Å². The monoisotopic (exact) mass is 551 g/mol. The summed E-state index contributed by atoms with van der Waals surface area (Å²) in [6.07, 6.45) is 6.47. The third kappa shape index (κ3) is 7.82. The van der Waals surface area contributed by atoms with Crippen LogP contribution in [0, 0.1) is 13.8 Å². The Kier molecular flexibility index (Phi) is 8.71. The molecule has 0 radical (unpaired) electrons. The van der Waals surface area contributed by atoms with Crippen LogP contribution >= 0.6 is 0 Å². The molecule has 0 aliphatic heterocycles. The van der Waals surface area contributed by atoms with Crippen LogP contribution in [0.2, 0.25) is 25.7 Å². The first kappa shape index (κ1) is 29.1. The third-order valence-electron chi connectivity index (χ3n) is 7.02. The quantitative estimate of drug-likeness (QED) is 0.222. The predicted molar refractivity (Wildman–Crippen MR) is 161 cm³/mol. The average molecular weight is 552 g/mol. The van der Waals surface area contributed by atoms with E-state index in [0.29, 0.717) is 12.7 Å². The first-order chi connectivity index (χ1) is 18.3. The molecule has 0 spiro atoms. The molecule has 2 atom stereocenters. The number of carbonyl (C=O) groups excluding carboxylic acids is 1. The van der Waals surface area contributed by atoms with Crippen LogP contribution in [0.4, 0.5) is 10.7 Å². The summed E-state index contributed by atoms with van der Waals surface area (Å²) in [5.41, 5.74) is 4.80. The number of carbonyl (C=O) groups is 1. The molecule has 2 aromatic heterocycles. The average Bonchev–Trinajstić information content (AvgIpc) is 3.40. The maximum Gasteiger partial charge on any atom is 0.407 e. The maximum atomic E-state index is 12.4. The van der Waals surface area contributed by atoms with E-state index in [1.165, 1.54) is 5.56 Å². The number of benzene rings is 1. The Balaban J connectivity index is 1.55. The van der Waals surface area contributed by atoms with E-state index in [1.807, 2.05) is 33.9 Å². The van der Waals surface area contributed by atoms with Gasteiger partial charge in [-0.2, -0.15) is 0 Å². The fourth-order valence-corrected chi connectivity index (χ4v) is 5.71. The number of hydrogen-bond donors (Lipinski definition) is 2. The lowest BCUT2D eigenvalue weighted by molar-refractivity contribution is 0.0503. The van der Waals surface area contributed by atoms with E-state index in [-0.39, 0.29) is 18.2 Å². The highest BCUT2D eigenvalue weighted by molar-refractivity contribution is 6.76. The fraction of sp³-hybridized carbons (Fsp3) is 0.567. The van der Waals surface area contributed by atoms with E-state index in [9.17, 15) is 4.79 Å². The molecule has 2 N–H and O–H groups in total. The van der Waals surface area contributed by atoms with Crippen LogP contribution in [-0.4, -0.2) is 53.0 Å². The highest BCUT2D eigenvalue weighted by atomic mass is 28.3. The molecule has 4 rings (SSSR count). The normalized spacial score (nSPS) is 17.9. The molecule has 1 aromatic carbocycles. The van der Waals surface area contributed by atoms with E-state index >= 15 is 0 Å². The lowest BCUT2D eigenvalue weighted by Crippen LogP contribution is -2.45. The van der Waals surface area contributed by atoms with Gasteiger partial charge in [0.15, 0.2) is 0 Å². The van der Waals surface area contributed by atoms with Gasteiger partial charge in [-0.05, 0) is 77.1 Å². The van der Waals surface area contributed by atoms with Crippen molar-refractivity contribution >= 4 is 31.0 Å². The first-order valence-corrected chi connectivity index (χ1v) is 17.8. The van der Waals surface area contributed by atoms with Crippen molar-refractivity contribution in [3.8, 4) is 11.3 Å². The van der Waals surface area contributed by atoms with Crippen LogP contribution < -0.4 is 10.6 Å². The highest BCUT2D eigenvalue weighted by Gasteiger charge is 2.31. The van der Waals surface area contributed by atoms with E-state index in [1.54, 1.807) is 0 Å². The van der Waals surface area contributed by atoms with Crippen molar-refractivity contribution in [3.05, 3.63) is 41.7 Å². The van der Waals surface area contributed by atoms with Gasteiger partial charge in [0.05, 0.1) is 17.3 Å². The summed E-state index contributed by atoms with van der Waals surface area (Å²) in [6.45, 7) is 18.2. The van der Waals surface area contributed by atoms with Crippen molar-refractivity contribution in [1.82, 2.24) is 19.9 Å². The minimum absolute atomic E-state index is 0.0357. The van der Waals surface area contributed by atoms with E-state index in [4.69, 9.17) is 14.5 Å². The minimum Gasteiger partial charge on any atom is -0.444 e. The number of nitrogens with one attached hydrogen (secondary N) is 2. The second-order valence-electron chi connectivity index (χ2n) is 13.0. The van der Waals surface area contributed by atoms with Crippen LogP contribution in [0.3, 0.4) is 0 Å². The van der Waals surface area contributed by atoms with Gasteiger partial charge in [-0.15, -0.1) is 0 Å². The molecule has 1 aliphatic rings. The maximum absolute atomic E-state index is 12.4. The molecule has 1 fully saturated rings. The predicted octanol–water partition coefficient (Wildman–Crippen LogP) is 6.89. The van der Waals surface area contributed by atoms with Crippen molar-refractivity contribution < 1.29 is 14.3 Å². The Hall–Kier alpha value is -2.91. The molecule has 1 aliphatic carbocycles. The number of alkyl carbamates (subject to hydrolysis) is 1. The van der Waals surface area contributed by atoms with Gasteiger partial charge < -0.3 is 24.7 Å². The second-order valence-corrected chi connectivity index (χ2v) is 18.7. The molecular weight excluding hydrogens is 506 g/mol. The van der Waals surface area contributed by atoms with Gasteiger partial charge in [-0.3, -0.25) is 0 Å². The molecule has 8 nitrogen and oxygen atoms in total. The zero-order valence-corrected chi connectivity index (χ0v) is 25.9.